The van der Waals surface area contributed by atoms with Crippen molar-refractivity contribution in [3.63, 3.8) is 0 Å². The molecule has 0 saturated carbocycles. The topological polar surface area (TPSA) is 51.6 Å². The third-order valence-corrected chi connectivity index (χ3v) is 6.52. The quantitative estimate of drug-likeness (QED) is 0.258. The van der Waals surface area contributed by atoms with Crippen LogP contribution in [-0.4, -0.2) is 16.9 Å². The number of pyridine rings is 1. The van der Waals surface area contributed by atoms with Crippen molar-refractivity contribution in [3.05, 3.63) is 106 Å². The van der Waals surface area contributed by atoms with Crippen molar-refractivity contribution in [2.24, 2.45) is 4.99 Å². The summed E-state index contributed by atoms with van der Waals surface area (Å²) in [4.78, 5) is 23.2. The molecular weight excluding hydrogens is 428 g/mol. The van der Waals surface area contributed by atoms with Crippen LogP contribution in [0.4, 0.5) is 0 Å². The van der Waals surface area contributed by atoms with Crippen molar-refractivity contribution in [1.82, 2.24) is 4.98 Å². The van der Waals surface area contributed by atoms with Crippen LogP contribution in [0.3, 0.4) is 0 Å². The van der Waals surface area contributed by atoms with Crippen LogP contribution in [0.5, 0.6) is 0 Å². The average Bonchev–Trinajstić information content (AvgIpc) is 3.16. The van der Waals surface area contributed by atoms with E-state index in [2.05, 4.69) is 67.4 Å². The van der Waals surface area contributed by atoms with Gasteiger partial charge in [0.2, 0.25) is 5.90 Å². The molecule has 33 heavy (non-hydrogen) atoms. The van der Waals surface area contributed by atoms with E-state index in [1.807, 2.05) is 31.2 Å². The van der Waals surface area contributed by atoms with E-state index in [-0.39, 0.29) is 5.70 Å². The van der Waals surface area contributed by atoms with Gasteiger partial charge in [0.25, 0.3) is 0 Å². The number of hydrogen-bond acceptors (Lipinski definition) is 5. The van der Waals surface area contributed by atoms with Gasteiger partial charge in [0.1, 0.15) is 5.03 Å². The SMILES string of the molecule is Cc1ccc(Sc2nc3cc(C)ccc3cc2/C=C2/N=C(c3ccccc3C)OC2=O)cc1. The number of ether oxygens (including phenoxy) is 1. The van der Waals surface area contributed by atoms with Crippen molar-refractivity contribution in [2.45, 2.75) is 30.7 Å². The van der Waals surface area contributed by atoms with E-state index >= 15 is 0 Å². The van der Waals surface area contributed by atoms with Crippen molar-refractivity contribution in [2.75, 3.05) is 0 Å². The zero-order valence-electron chi connectivity index (χ0n) is 18.6. The Morgan fingerprint density at radius 3 is 2.42 bits per heavy atom. The van der Waals surface area contributed by atoms with Crippen molar-refractivity contribution < 1.29 is 9.53 Å². The maximum atomic E-state index is 12.7. The number of aryl methyl sites for hydroxylation is 3. The first-order chi connectivity index (χ1) is 16.0. The molecule has 0 amide bonds. The predicted octanol–water partition coefficient (Wildman–Crippen LogP) is 6.66. The smallest absolute Gasteiger partial charge is 0.363 e. The number of cyclic esters (lactones) is 1. The number of carbonyl (C=O) groups excluding carboxylic acids is 1. The molecule has 5 rings (SSSR count). The van der Waals surface area contributed by atoms with Crippen LogP contribution in [0.1, 0.15) is 27.8 Å². The van der Waals surface area contributed by atoms with Crippen LogP contribution < -0.4 is 0 Å². The Morgan fingerprint density at radius 1 is 0.879 bits per heavy atom. The van der Waals surface area contributed by atoms with Crippen LogP contribution in [0, 0.1) is 20.8 Å². The highest BCUT2D eigenvalue weighted by Crippen LogP contribution is 2.33. The van der Waals surface area contributed by atoms with Crippen LogP contribution in [0.15, 0.2) is 93.4 Å². The molecule has 0 saturated heterocycles. The molecule has 162 valence electrons. The van der Waals surface area contributed by atoms with E-state index in [4.69, 9.17) is 9.72 Å². The lowest BCUT2D eigenvalue weighted by Crippen LogP contribution is -2.06. The van der Waals surface area contributed by atoms with Crippen LogP contribution >= 0.6 is 11.8 Å². The van der Waals surface area contributed by atoms with E-state index in [1.54, 1.807) is 17.8 Å². The minimum Gasteiger partial charge on any atom is -0.402 e. The van der Waals surface area contributed by atoms with Gasteiger partial charge < -0.3 is 4.74 Å². The highest BCUT2D eigenvalue weighted by molar-refractivity contribution is 7.99. The first-order valence-corrected chi connectivity index (χ1v) is 11.5. The van der Waals surface area contributed by atoms with Crippen molar-refractivity contribution in [3.8, 4) is 0 Å². The Kier molecular flexibility index (Phi) is 5.56. The standard InChI is InChI=1S/C28H22N2O2S/c1-17-9-12-22(13-10-17)33-27-21(15-20-11-8-18(2)14-24(20)30-27)16-25-28(31)32-26(29-25)23-7-5-4-6-19(23)3/h4-16H,1-3H3/b25-16+. The summed E-state index contributed by atoms with van der Waals surface area (Å²) in [5, 5.41) is 1.83. The molecule has 0 atom stereocenters. The number of carbonyl (C=O) groups is 1. The second kappa shape index (κ2) is 8.68. The van der Waals surface area contributed by atoms with E-state index < -0.39 is 5.97 Å². The van der Waals surface area contributed by atoms with Gasteiger partial charge in [-0.1, -0.05) is 59.8 Å². The van der Waals surface area contributed by atoms with Crippen LogP contribution in [0.2, 0.25) is 0 Å². The molecule has 3 aromatic carbocycles. The summed E-state index contributed by atoms with van der Waals surface area (Å²) < 4.78 is 5.50. The van der Waals surface area contributed by atoms with E-state index in [0.717, 1.165) is 43.1 Å². The first-order valence-electron chi connectivity index (χ1n) is 10.7. The fourth-order valence-electron chi connectivity index (χ4n) is 3.66. The summed E-state index contributed by atoms with van der Waals surface area (Å²) in [5.74, 6) is -0.120. The minimum absolute atomic E-state index is 0.271. The normalized spacial score (nSPS) is 14.6. The minimum atomic E-state index is -0.455. The zero-order chi connectivity index (χ0) is 22.9. The average molecular weight is 451 g/mol. The number of hydrogen-bond donors (Lipinski definition) is 0. The Labute approximate surface area is 197 Å². The number of aromatic nitrogens is 1. The molecule has 1 aliphatic rings. The molecule has 0 aliphatic carbocycles. The summed E-state index contributed by atoms with van der Waals surface area (Å²) >= 11 is 1.57. The van der Waals surface area contributed by atoms with Gasteiger partial charge in [-0.15, -0.1) is 0 Å². The molecule has 0 fully saturated rings. The Morgan fingerprint density at radius 2 is 1.64 bits per heavy atom. The van der Waals surface area contributed by atoms with Gasteiger partial charge >= 0.3 is 5.97 Å². The lowest BCUT2D eigenvalue weighted by Gasteiger charge is -2.09. The summed E-state index contributed by atoms with van der Waals surface area (Å²) in [6.45, 7) is 6.09. The lowest BCUT2D eigenvalue weighted by molar-refractivity contribution is -0.129. The Bertz CT molecular complexity index is 1450. The van der Waals surface area contributed by atoms with Gasteiger partial charge in [-0.05, 0) is 68.3 Å². The van der Waals surface area contributed by atoms with E-state index in [9.17, 15) is 4.79 Å². The summed E-state index contributed by atoms with van der Waals surface area (Å²) in [6.07, 6.45) is 1.77. The molecule has 0 bridgehead atoms. The van der Waals surface area contributed by atoms with Gasteiger partial charge in [-0.3, -0.25) is 0 Å². The number of benzene rings is 3. The number of nitrogens with zero attached hydrogens (tertiary/aromatic N) is 2. The molecular formula is C28H22N2O2S. The van der Waals surface area contributed by atoms with Gasteiger partial charge in [0.05, 0.1) is 5.52 Å². The molecule has 1 aliphatic heterocycles. The summed E-state index contributed by atoms with van der Waals surface area (Å²) in [5.41, 5.74) is 6.20. The molecule has 5 heteroatoms. The zero-order valence-corrected chi connectivity index (χ0v) is 19.4. The second-order valence-electron chi connectivity index (χ2n) is 8.14. The molecule has 4 nitrogen and oxygen atoms in total. The third kappa shape index (κ3) is 4.45. The monoisotopic (exact) mass is 450 g/mol. The molecule has 0 spiro atoms. The van der Waals surface area contributed by atoms with Crippen molar-refractivity contribution in [1.29, 1.82) is 0 Å². The number of rotatable bonds is 4. The van der Waals surface area contributed by atoms with Crippen molar-refractivity contribution >= 4 is 40.6 Å². The van der Waals surface area contributed by atoms with Gasteiger partial charge in [0, 0.05) is 21.4 Å². The molecule has 2 heterocycles. The summed E-state index contributed by atoms with van der Waals surface area (Å²) in [6, 6.07) is 24.3. The molecule has 1 aromatic heterocycles. The lowest BCUT2D eigenvalue weighted by atomic mass is 10.1. The fourth-order valence-corrected chi connectivity index (χ4v) is 4.54. The predicted molar refractivity (Wildman–Crippen MR) is 134 cm³/mol. The first kappa shape index (κ1) is 21.2. The second-order valence-corrected chi connectivity index (χ2v) is 9.21. The van der Waals surface area contributed by atoms with E-state index in [0.29, 0.717) is 5.90 Å². The highest BCUT2D eigenvalue weighted by Gasteiger charge is 2.25. The van der Waals surface area contributed by atoms with E-state index in [1.165, 1.54) is 5.56 Å². The number of fused-ring (bicyclic) bond motifs is 1. The number of aliphatic imine (C=N–C) groups is 1. The molecule has 0 unspecified atom stereocenters. The van der Waals surface area contributed by atoms with Crippen LogP contribution in [-0.2, 0) is 9.53 Å². The van der Waals surface area contributed by atoms with Crippen LogP contribution in [0.25, 0.3) is 17.0 Å². The number of esters is 1. The fraction of sp³-hybridized carbons (Fsp3) is 0.107. The Hall–Kier alpha value is -3.70. The van der Waals surface area contributed by atoms with Gasteiger partial charge in [-0.25, -0.2) is 14.8 Å². The maximum absolute atomic E-state index is 12.7. The molecule has 4 aromatic rings. The van der Waals surface area contributed by atoms with Gasteiger partial charge in [-0.2, -0.15) is 0 Å². The maximum Gasteiger partial charge on any atom is 0.363 e. The highest BCUT2D eigenvalue weighted by atomic mass is 32.2. The third-order valence-electron chi connectivity index (χ3n) is 5.49. The van der Waals surface area contributed by atoms with Gasteiger partial charge in [0.15, 0.2) is 5.70 Å². The largest absolute Gasteiger partial charge is 0.402 e. The molecule has 0 N–H and O–H groups in total. The summed E-state index contributed by atoms with van der Waals surface area (Å²) in [7, 11) is 0. The Balaban J connectivity index is 1.60. The molecule has 0 radical (unpaired) electrons.